The maximum atomic E-state index is 5.97. The standard InChI is InChI=1S/C25H35NO3/c1-25(2)17-21(14-16-29-25)24(20-7-11-23(28-4)12-8-20)13-15-26-18-19-5-9-22(27-3)10-6-19/h5-12,21,24,26H,13-18H2,1-4H3. The molecule has 3 rings (SSSR count). The van der Waals surface area contributed by atoms with Crippen molar-refractivity contribution in [2.45, 2.75) is 51.2 Å². The second-order valence-electron chi connectivity index (χ2n) is 8.55. The summed E-state index contributed by atoms with van der Waals surface area (Å²) in [5, 5.41) is 3.63. The molecule has 0 radical (unpaired) electrons. The van der Waals surface area contributed by atoms with Crippen molar-refractivity contribution in [3.05, 3.63) is 59.7 Å². The van der Waals surface area contributed by atoms with Crippen LogP contribution in [0.2, 0.25) is 0 Å². The van der Waals surface area contributed by atoms with Crippen LogP contribution in [0.15, 0.2) is 48.5 Å². The number of benzene rings is 2. The monoisotopic (exact) mass is 397 g/mol. The van der Waals surface area contributed by atoms with Crippen molar-refractivity contribution in [2.24, 2.45) is 5.92 Å². The topological polar surface area (TPSA) is 39.7 Å². The van der Waals surface area contributed by atoms with Gasteiger partial charge in [-0.3, -0.25) is 0 Å². The number of rotatable bonds is 9. The Morgan fingerprint density at radius 1 is 1.00 bits per heavy atom. The van der Waals surface area contributed by atoms with Gasteiger partial charge in [0.15, 0.2) is 0 Å². The van der Waals surface area contributed by atoms with Gasteiger partial charge in [-0.15, -0.1) is 0 Å². The first-order chi connectivity index (χ1) is 14.0. The van der Waals surface area contributed by atoms with Gasteiger partial charge in [0.25, 0.3) is 0 Å². The van der Waals surface area contributed by atoms with E-state index in [1.807, 2.05) is 12.1 Å². The van der Waals surface area contributed by atoms with E-state index >= 15 is 0 Å². The van der Waals surface area contributed by atoms with Crippen molar-refractivity contribution in [3.63, 3.8) is 0 Å². The molecule has 29 heavy (non-hydrogen) atoms. The van der Waals surface area contributed by atoms with Gasteiger partial charge < -0.3 is 19.5 Å². The van der Waals surface area contributed by atoms with E-state index < -0.39 is 0 Å². The predicted octanol–water partition coefficient (Wildman–Crippen LogP) is 5.17. The van der Waals surface area contributed by atoms with E-state index in [2.05, 4.69) is 55.6 Å². The zero-order valence-electron chi connectivity index (χ0n) is 18.2. The Morgan fingerprint density at radius 2 is 1.62 bits per heavy atom. The average Bonchev–Trinajstić information content (AvgIpc) is 2.73. The maximum absolute atomic E-state index is 5.97. The molecule has 0 aromatic heterocycles. The number of nitrogens with one attached hydrogen (secondary N) is 1. The van der Waals surface area contributed by atoms with Crippen LogP contribution in [-0.2, 0) is 11.3 Å². The van der Waals surface area contributed by atoms with Crippen molar-refractivity contribution in [1.82, 2.24) is 5.32 Å². The molecule has 158 valence electrons. The Hall–Kier alpha value is -2.04. The first-order valence-electron chi connectivity index (χ1n) is 10.6. The molecule has 4 nitrogen and oxygen atoms in total. The molecule has 2 aromatic rings. The molecule has 0 saturated carbocycles. The Bertz CT molecular complexity index is 740. The number of ether oxygens (including phenoxy) is 3. The van der Waals surface area contributed by atoms with Crippen LogP contribution in [0.4, 0.5) is 0 Å². The molecule has 1 heterocycles. The molecule has 1 saturated heterocycles. The third-order valence-electron chi connectivity index (χ3n) is 5.97. The van der Waals surface area contributed by atoms with E-state index in [1.165, 1.54) is 11.1 Å². The van der Waals surface area contributed by atoms with Crippen LogP contribution < -0.4 is 14.8 Å². The molecule has 1 fully saturated rings. The smallest absolute Gasteiger partial charge is 0.118 e. The van der Waals surface area contributed by atoms with E-state index in [9.17, 15) is 0 Å². The van der Waals surface area contributed by atoms with Crippen molar-refractivity contribution in [2.75, 3.05) is 27.4 Å². The fraction of sp³-hybridized carbons (Fsp3) is 0.520. The summed E-state index contributed by atoms with van der Waals surface area (Å²) in [6.07, 6.45) is 3.34. The highest BCUT2D eigenvalue weighted by atomic mass is 16.5. The summed E-state index contributed by atoms with van der Waals surface area (Å²) in [6, 6.07) is 16.9. The van der Waals surface area contributed by atoms with Crippen molar-refractivity contribution in [1.29, 1.82) is 0 Å². The Kier molecular flexibility index (Phi) is 7.57. The van der Waals surface area contributed by atoms with Crippen LogP contribution >= 0.6 is 0 Å². The van der Waals surface area contributed by atoms with E-state index in [-0.39, 0.29) is 5.60 Å². The highest BCUT2D eigenvalue weighted by molar-refractivity contribution is 5.30. The fourth-order valence-corrected chi connectivity index (χ4v) is 4.38. The number of hydrogen-bond acceptors (Lipinski definition) is 4. The minimum atomic E-state index is -0.0375. The third-order valence-corrected chi connectivity index (χ3v) is 5.97. The van der Waals surface area contributed by atoms with Gasteiger partial charge in [-0.25, -0.2) is 0 Å². The van der Waals surface area contributed by atoms with Gasteiger partial charge in [-0.2, -0.15) is 0 Å². The summed E-state index contributed by atoms with van der Waals surface area (Å²) in [5.41, 5.74) is 2.64. The summed E-state index contributed by atoms with van der Waals surface area (Å²) in [7, 11) is 3.42. The summed E-state index contributed by atoms with van der Waals surface area (Å²) >= 11 is 0. The SMILES string of the molecule is COc1ccc(CNCCC(c2ccc(OC)cc2)C2CCOC(C)(C)C2)cc1. The lowest BCUT2D eigenvalue weighted by atomic mass is 9.75. The number of hydrogen-bond donors (Lipinski definition) is 1. The van der Waals surface area contributed by atoms with Gasteiger partial charge in [0.05, 0.1) is 19.8 Å². The highest BCUT2D eigenvalue weighted by Gasteiger charge is 2.33. The van der Waals surface area contributed by atoms with E-state index in [0.717, 1.165) is 50.5 Å². The van der Waals surface area contributed by atoms with Crippen LogP contribution in [0.25, 0.3) is 0 Å². The summed E-state index contributed by atoms with van der Waals surface area (Å²) in [6.45, 7) is 7.14. The molecule has 0 aliphatic carbocycles. The van der Waals surface area contributed by atoms with E-state index in [1.54, 1.807) is 14.2 Å². The Balaban J connectivity index is 1.62. The van der Waals surface area contributed by atoms with Crippen LogP contribution in [-0.4, -0.2) is 33.0 Å². The molecule has 1 N–H and O–H groups in total. The minimum absolute atomic E-state index is 0.0375. The third kappa shape index (κ3) is 6.22. The molecular formula is C25H35NO3. The second kappa shape index (κ2) is 10.1. The molecule has 2 unspecified atom stereocenters. The molecule has 4 heteroatoms. The largest absolute Gasteiger partial charge is 0.497 e. The van der Waals surface area contributed by atoms with Crippen molar-refractivity contribution in [3.8, 4) is 11.5 Å². The lowest BCUT2D eigenvalue weighted by Gasteiger charge is -2.39. The van der Waals surface area contributed by atoms with E-state index in [4.69, 9.17) is 14.2 Å². The van der Waals surface area contributed by atoms with Crippen LogP contribution in [0, 0.1) is 5.92 Å². The van der Waals surface area contributed by atoms with Crippen molar-refractivity contribution >= 4 is 0 Å². The molecular weight excluding hydrogens is 362 g/mol. The second-order valence-corrected chi connectivity index (χ2v) is 8.55. The summed E-state index contributed by atoms with van der Waals surface area (Å²) < 4.78 is 16.6. The van der Waals surface area contributed by atoms with Gasteiger partial charge in [0.1, 0.15) is 11.5 Å². The van der Waals surface area contributed by atoms with E-state index in [0.29, 0.717) is 11.8 Å². The number of methoxy groups -OCH3 is 2. The molecule has 0 bridgehead atoms. The summed E-state index contributed by atoms with van der Waals surface area (Å²) in [5.74, 6) is 2.97. The van der Waals surface area contributed by atoms with Gasteiger partial charge >= 0.3 is 0 Å². The van der Waals surface area contributed by atoms with Crippen molar-refractivity contribution < 1.29 is 14.2 Å². The predicted molar refractivity (Wildman–Crippen MR) is 118 cm³/mol. The van der Waals surface area contributed by atoms with Crippen LogP contribution in [0.1, 0.15) is 50.2 Å². The normalized spacial score (nSPS) is 19.5. The molecule has 2 aromatic carbocycles. The molecule has 2 atom stereocenters. The zero-order chi connectivity index (χ0) is 20.7. The lowest BCUT2D eigenvalue weighted by molar-refractivity contribution is -0.0771. The average molecular weight is 398 g/mol. The van der Waals surface area contributed by atoms with Gasteiger partial charge in [-0.1, -0.05) is 24.3 Å². The molecule has 1 aliphatic rings. The summed E-state index contributed by atoms with van der Waals surface area (Å²) in [4.78, 5) is 0. The molecule has 1 aliphatic heterocycles. The lowest BCUT2D eigenvalue weighted by Crippen LogP contribution is -2.36. The van der Waals surface area contributed by atoms with Crippen LogP contribution in [0.5, 0.6) is 11.5 Å². The quantitative estimate of drug-likeness (QED) is 0.593. The Labute approximate surface area is 175 Å². The molecule has 0 amide bonds. The van der Waals surface area contributed by atoms with Gasteiger partial charge in [-0.05, 0) is 86.9 Å². The Morgan fingerprint density at radius 3 is 2.21 bits per heavy atom. The fourth-order valence-electron chi connectivity index (χ4n) is 4.38. The first-order valence-corrected chi connectivity index (χ1v) is 10.6. The maximum Gasteiger partial charge on any atom is 0.118 e. The van der Waals surface area contributed by atoms with Gasteiger partial charge in [0, 0.05) is 13.2 Å². The first kappa shape index (κ1) is 21.7. The molecule has 0 spiro atoms. The minimum Gasteiger partial charge on any atom is -0.497 e. The zero-order valence-corrected chi connectivity index (χ0v) is 18.2. The van der Waals surface area contributed by atoms with Crippen LogP contribution in [0.3, 0.4) is 0 Å². The highest BCUT2D eigenvalue weighted by Crippen LogP contribution is 2.40. The van der Waals surface area contributed by atoms with Gasteiger partial charge in [0.2, 0.25) is 0 Å².